The number of sulfonamides is 1. The van der Waals surface area contributed by atoms with Crippen molar-refractivity contribution in [3.63, 3.8) is 0 Å². The third-order valence-electron chi connectivity index (χ3n) is 3.58. The van der Waals surface area contributed by atoms with E-state index in [1.165, 1.54) is 0 Å². The van der Waals surface area contributed by atoms with Crippen LogP contribution >= 0.6 is 0 Å². The first-order valence-electron chi connectivity index (χ1n) is 6.17. The highest BCUT2D eigenvalue weighted by Crippen LogP contribution is 2.29. The molecule has 0 saturated carbocycles. The summed E-state index contributed by atoms with van der Waals surface area (Å²) >= 11 is 0. The number of ether oxygens (including phenoxy) is 1. The molecule has 6 heteroatoms. The maximum atomic E-state index is 11.4. The first-order chi connectivity index (χ1) is 8.71. The minimum absolute atomic E-state index is 0.123. The topological polar surface area (TPSA) is 81.4 Å². The monoisotopic (exact) mass is 284 g/mol. The van der Waals surface area contributed by atoms with Crippen LogP contribution in [-0.2, 0) is 14.8 Å². The fourth-order valence-electron chi connectivity index (χ4n) is 2.04. The smallest absolute Gasteiger partial charge is 0.238 e. The van der Waals surface area contributed by atoms with E-state index in [2.05, 4.69) is 12.2 Å². The quantitative estimate of drug-likeness (QED) is 0.875. The van der Waals surface area contributed by atoms with Gasteiger partial charge in [0.15, 0.2) is 0 Å². The summed E-state index contributed by atoms with van der Waals surface area (Å²) in [6.07, 6.45) is 0. The molecule has 1 fully saturated rings. The maximum Gasteiger partial charge on any atom is 0.238 e. The van der Waals surface area contributed by atoms with Crippen LogP contribution in [0.4, 0.5) is 5.69 Å². The Morgan fingerprint density at radius 3 is 2.47 bits per heavy atom. The molecule has 2 rings (SSSR count). The van der Waals surface area contributed by atoms with Crippen LogP contribution in [0.2, 0.25) is 0 Å². The summed E-state index contributed by atoms with van der Waals surface area (Å²) < 4.78 is 28.1. The molecule has 19 heavy (non-hydrogen) atoms. The van der Waals surface area contributed by atoms with Crippen LogP contribution in [0.25, 0.3) is 0 Å². The van der Waals surface area contributed by atoms with E-state index in [9.17, 15) is 8.42 Å². The van der Waals surface area contributed by atoms with Crippen LogP contribution in [-0.4, -0.2) is 28.2 Å². The Hall–Kier alpha value is -1.11. The van der Waals surface area contributed by atoms with Gasteiger partial charge in [-0.05, 0) is 37.1 Å². The first kappa shape index (κ1) is 14.3. The van der Waals surface area contributed by atoms with Crippen molar-refractivity contribution in [1.29, 1.82) is 0 Å². The average Bonchev–Trinajstić information content (AvgIpc) is 2.27. The summed E-state index contributed by atoms with van der Waals surface area (Å²) in [7, 11) is -3.67. The Balaban J connectivity index is 2.26. The lowest BCUT2D eigenvalue weighted by molar-refractivity contribution is -0.0924. The van der Waals surface area contributed by atoms with Gasteiger partial charge in [-0.15, -0.1) is 0 Å². The minimum atomic E-state index is -3.67. The van der Waals surface area contributed by atoms with Gasteiger partial charge in [-0.2, -0.15) is 0 Å². The van der Waals surface area contributed by atoms with E-state index in [0.29, 0.717) is 0 Å². The highest BCUT2D eigenvalue weighted by molar-refractivity contribution is 7.89. The Morgan fingerprint density at radius 1 is 1.37 bits per heavy atom. The van der Waals surface area contributed by atoms with Crippen LogP contribution in [0.15, 0.2) is 17.0 Å². The first-order valence-corrected chi connectivity index (χ1v) is 7.72. The molecule has 1 aromatic rings. The molecule has 0 unspecified atom stereocenters. The summed E-state index contributed by atoms with van der Waals surface area (Å²) in [5.41, 5.74) is 2.88. The SMILES string of the molecule is Cc1cc(S(N)(=O)=O)cc(NCC2(C)COC2)c1C. The van der Waals surface area contributed by atoms with Crippen molar-refractivity contribution in [2.75, 3.05) is 25.1 Å². The predicted molar refractivity (Wildman–Crippen MR) is 74.7 cm³/mol. The Kier molecular flexibility index (Phi) is 3.59. The molecule has 1 aliphatic rings. The molecule has 3 N–H and O–H groups in total. The van der Waals surface area contributed by atoms with Gasteiger partial charge in [0, 0.05) is 17.6 Å². The molecule has 0 aliphatic carbocycles. The van der Waals surface area contributed by atoms with Crippen LogP contribution in [0.3, 0.4) is 0 Å². The van der Waals surface area contributed by atoms with Gasteiger partial charge < -0.3 is 10.1 Å². The normalized spacial score (nSPS) is 17.9. The van der Waals surface area contributed by atoms with Crippen molar-refractivity contribution in [1.82, 2.24) is 0 Å². The second kappa shape index (κ2) is 4.77. The highest BCUT2D eigenvalue weighted by atomic mass is 32.2. The Labute approximate surface area is 114 Å². The Morgan fingerprint density at radius 2 is 2.00 bits per heavy atom. The molecular weight excluding hydrogens is 264 g/mol. The number of anilines is 1. The number of nitrogens with one attached hydrogen (secondary N) is 1. The van der Waals surface area contributed by atoms with Crippen molar-refractivity contribution in [3.8, 4) is 0 Å². The van der Waals surface area contributed by atoms with E-state index in [4.69, 9.17) is 9.88 Å². The molecule has 0 amide bonds. The molecule has 0 spiro atoms. The molecule has 1 aliphatic heterocycles. The van der Waals surface area contributed by atoms with Gasteiger partial charge in [-0.1, -0.05) is 6.92 Å². The lowest BCUT2D eigenvalue weighted by atomic mass is 9.88. The van der Waals surface area contributed by atoms with Gasteiger partial charge >= 0.3 is 0 Å². The number of nitrogens with two attached hydrogens (primary N) is 1. The Bertz CT molecular complexity index is 592. The minimum Gasteiger partial charge on any atom is -0.384 e. The number of aryl methyl sites for hydroxylation is 1. The van der Waals surface area contributed by atoms with Crippen LogP contribution in [0.1, 0.15) is 18.1 Å². The summed E-state index contributed by atoms with van der Waals surface area (Å²) in [4.78, 5) is 0.146. The van der Waals surface area contributed by atoms with Crippen molar-refractivity contribution >= 4 is 15.7 Å². The van der Waals surface area contributed by atoms with Gasteiger partial charge in [-0.25, -0.2) is 13.6 Å². The molecule has 1 heterocycles. The van der Waals surface area contributed by atoms with Crippen LogP contribution in [0.5, 0.6) is 0 Å². The van der Waals surface area contributed by atoms with Crippen molar-refractivity contribution in [2.45, 2.75) is 25.7 Å². The van der Waals surface area contributed by atoms with Crippen LogP contribution in [0, 0.1) is 19.3 Å². The molecular formula is C13H20N2O3S. The maximum absolute atomic E-state index is 11.4. The molecule has 1 saturated heterocycles. The second-order valence-electron chi connectivity index (χ2n) is 5.61. The molecule has 0 radical (unpaired) electrons. The number of benzene rings is 1. The fraction of sp³-hybridized carbons (Fsp3) is 0.538. The zero-order valence-corrected chi connectivity index (χ0v) is 12.3. The molecule has 0 bridgehead atoms. The molecule has 1 aromatic carbocycles. The van der Waals surface area contributed by atoms with Crippen LogP contribution < -0.4 is 10.5 Å². The van der Waals surface area contributed by atoms with E-state index >= 15 is 0 Å². The third kappa shape index (κ3) is 3.08. The molecule has 106 valence electrons. The number of primary sulfonamides is 1. The largest absolute Gasteiger partial charge is 0.384 e. The third-order valence-corrected chi connectivity index (χ3v) is 4.47. The van der Waals surface area contributed by atoms with E-state index < -0.39 is 10.0 Å². The second-order valence-corrected chi connectivity index (χ2v) is 7.18. The summed E-state index contributed by atoms with van der Waals surface area (Å²) in [6, 6.07) is 3.20. The standard InChI is InChI=1S/C13H20N2O3S/c1-9-4-11(19(14,16)17)5-12(10(9)2)15-6-13(3)7-18-8-13/h4-5,15H,6-8H2,1-3H3,(H2,14,16,17). The zero-order chi connectivity index (χ0) is 14.3. The van der Waals surface area contributed by atoms with Gasteiger partial charge in [0.05, 0.1) is 18.1 Å². The molecule has 5 nitrogen and oxygen atoms in total. The van der Waals surface area contributed by atoms with E-state index in [0.717, 1.165) is 36.6 Å². The van der Waals surface area contributed by atoms with E-state index in [1.54, 1.807) is 12.1 Å². The van der Waals surface area contributed by atoms with Gasteiger partial charge in [-0.3, -0.25) is 0 Å². The summed E-state index contributed by atoms with van der Waals surface area (Å²) in [6.45, 7) is 8.18. The number of hydrogen-bond donors (Lipinski definition) is 2. The fourth-order valence-corrected chi connectivity index (χ4v) is 2.66. The molecule has 0 atom stereocenters. The van der Waals surface area contributed by atoms with Gasteiger partial charge in [0.2, 0.25) is 10.0 Å². The lowest BCUT2D eigenvalue weighted by Gasteiger charge is -2.38. The van der Waals surface area contributed by atoms with Gasteiger partial charge in [0.25, 0.3) is 0 Å². The highest BCUT2D eigenvalue weighted by Gasteiger charge is 2.33. The van der Waals surface area contributed by atoms with Gasteiger partial charge in [0.1, 0.15) is 0 Å². The number of rotatable bonds is 4. The van der Waals surface area contributed by atoms with Crippen molar-refractivity contribution in [3.05, 3.63) is 23.3 Å². The van der Waals surface area contributed by atoms with E-state index in [-0.39, 0.29) is 10.3 Å². The predicted octanol–water partition coefficient (Wildman–Crippen LogP) is 1.40. The van der Waals surface area contributed by atoms with E-state index in [1.807, 2.05) is 13.8 Å². The van der Waals surface area contributed by atoms with Crippen molar-refractivity contribution < 1.29 is 13.2 Å². The van der Waals surface area contributed by atoms with Crippen molar-refractivity contribution in [2.24, 2.45) is 10.6 Å². The lowest BCUT2D eigenvalue weighted by Crippen LogP contribution is -2.45. The molecule has 0 aromatic heterocycles. The summed E-state index contributed by atoms with van der Waals surface area (Å²) in [5, 5.41) is 8.50. The summed E-state index contributed by atoms with van der Waals surface area (Å²) in [5.74, 6) is 0. The number of hydrogen-bond acceptors (Lipinski definition) is 4. The zero-order valence-electron chi connectivity index (χ0n) is 11.5. The average molecular weight is 284 g/mol.